The molecule has 2 fully saturated rings. The van der Waals surface area contributed by atoms with E-state index in [-0.39, 0.29) is 5.41 Å². The number of anilines is 1. The molecule has 1 aromatic rings. The molecule has 2 saturated carbocycles. The number of rotatable bonds is 5. The van der Waals surface area contributed by atoms with E-state index < -0.39 is 5.97 Å². The first-order valence-corrected chi connectivity index (χ1v) is 6.68. The number of benzene rings is 1. The summed E-state index contributed by atoms with van der Waals surface area (Å²) in [4.78, 5) is 11.1. The molecule has 2 aliphatic carbocycles. The molecule has 18 heavy (non-hydrogen) atoms. The van der Waals surface area contributed by atoms with Crippen LogP contribution in [0.25, 0.3) is 0 Å². The molecule has 2 atom stereocenters. The van der Waals surface area contributed by atoms with Gasteiger partial charge in [-0.2, -0.15) is 0 Å². The lowest BCUT2D eigenvalue weighted by molar-refractivity contribution is -0.139. The van der Waals surface area contributed by atoms with Crippen molar-refractivity contribution in [3.8, 4) is 0 Å². The predicted octanol–water partition coefficient (Wildman–Crippen LogP) is 2.99. The minimum Gasteiger partial charge on any atom is -0.481 e. The number of hydrogen-bond donors (Lipinski definition) is 2. The van der Waals surface area contributed by atoms with E-state index in [1.54, 1.807) is 0 Å². The highest BCUT2D eigenvalue weighted by Gasteiger charge is 2.54. The van der Waals surface area contributed by atoms with Crippen LogP contribution in [0.3, 0.4) is 0 Å². The van der Waals surface area contributed by atoms with Gasteiger partial charge in [-0.1, -0.05) is 18.2 Å². The molecule has 0 aromatic heterocycles. The average molecular weight is 245 g/mol. The summed E-state index contributed by atoms with van der Waals surface area (Å²) < 4.78 is 0. The quantitative estimate of drug-likeness (QED) is 0.838. The molecule has 0 unspecified atom stereocenters. The SMILES string of the molecule is O=C(O)CC1(CNc2ccccc2)C[C@@H]2C[C@H]2C1. The third-order valence-corrected chi connectivity index (χ3v) is 4.43. The van der Waals surface area contributed by atoms with E-state index in [1.165, 1.54) is 6.42 Å². The fraction of sp³-hybridized carbons (Fsp3) is 0.533. The number of carboxylic acids is 1. The lowest BCUT2D eigenvalue weighted by Crippen LogP contribution is -2.31. The fourth-order valence-corrected chi connectivity index (χ4v) is 3.52. The number of aliphatic carboxylic acids is 1. The number of para-hydroxylation sites is 1. The first kappa shape index (κ1) is 11.6. The Morgan fingerprint density at radius 1 is 1.28 bits per heavy atom. The zero-order valence-corrected chi connectivity index (χ0v) is 10.4. The molecule has 2 aliphatic rings. The molecule has 0 radical (unpaired) electrons. The molecule has 3 heteroatoms. The molecule has 0 bridgehead atoms. The fourth-order valence-electron chi connectivity index (χ4n) is 3.52. The molecule has 3 rings (SSSR count). The number of hydrogen-bond acceptors (Lipinski definition) is 2. The van der Waals surface area contributed by atoms with Gasteiger partial charge >= 0.3 is 5.97 Å². The summed E-state index contributed by atoms with van der Waals surface area (Å²) in [6.07, 6.45) is 3.81. The number of carboxylic acid groups (broad SMARTS) is 1. The van der Waals surface area contributed by atoms with Gasteiger partial charge in [0.05, 0.1) is 6.42 Å². The van der Waals surface area contributed by atoms with Gasteiger partial charge in [-0.3, -0.25) is 4.79 Å². The summed E-state index contributed by atoms with van der Waals surface area (Å²) in [7, 11) is 0. The van der Waals surface area contributed by atoms with Crippen LogP contribution in [0, 0.1) is 17.3 Å². The van der Waals surface area contributed by atoms with Crippen molar-refractivity contribution in [1.29, 1.82) is 0 Å². The Bertz CT molecular complexity index is 433. The summed E-state index contributed by atoms with van der Waals surface area (Å²) in [5.41, 5.74) is 1.07. The zero-order valence-electron chi connectivity index (χ0n) is 10.4. The highest BCUT2D eigenvalue weighted by atomic mass is 16.4. The molecule has 0 aliphatic heterocycles. The van der Waals surface area contributed by atoms with Crippen LogP contribution in [-0.2, 0) is 4.79 Å². The summed E-state index contributed by atoms with van der Waals surface area (Å²) in [6, 6.07) is 10.0. The van der Waals surface area contributed by atoms with Gasteiger partial charge in [0.25, 0.3) is 0 Å². The maximum atomic E-state index is 11.1. The first-order valence-electron chi connectivity index (χ1n) is 6.68. The molecule has 0 heterocycles. The van der Waals surface area contributed by atoms with E-state index >= 15 is 0 Å². The van der Waals surface area contributed by atoms with Crippen molar-refractivity contribution in [3.63, 3.8) is 0 Å². The molecular formula is C15H19NO2. The summed E-state index contributed by atoms with van der Waals surface area (Å²) in [6.45, 7) is 0.788. The van der Waals surface area contributed by atoms with Crippen LogP contribution in [0.15, 0.2) is 30.3 Å². The monoisotopic (exact) mass is 245 g/mol. The van der Waals surface area contributed by atoms with Crippen LogP contribution in [0.5, 0.6) is 0 Å². The summed E-state index contributed by atoms with van der Waals surface area (Å²) in [5, 5.41) is 12.5. The van der Waals surface area contributed by atoms with Gasteiger partial charge in [0.2, 0.25) is 0 Å². The van der Waals surface area contributed by atoms with Crippen molar-refractivity contribution in [3.05, 3.63) is 30.3 Å². The van der Waals surface area contributed by atoms with Crippen LogP contribution in [0.2, 0.25) is 0 Å². The van der Waals surface area contributed by atoms with Crippen LogP contribution in [0.4, 0.5) is 5.69 Å². The highest BCUT2D eigenvalue weighted by molar-refractivity contribution is 5.68. The molecule has 0 amide bonds. The number of carbonyl (C=O) groups is 1. The van der Waals surface area contributed by atoms with Crippen molar-refractivity contribution in [2.45, 2.75) is 25.7 Å². The molecule has 2 N–H and O–H groups in total. The number of nitrogens with one attached hydrogen (secondary N) is 1. The maximum Gasteiger partial charge on any atom is 0.303 e. The van der Waals surface area contributed by atoms with Crippen molar-refractivity contribution in [2.75, 3.05) is 11.9 Å². The van der Waals surface area contributed by atoms with Crippen LogP contribution < -0.4 is 5.32 Å². The van der Waals surface area contributed by atoms with Crippen LogP contribution in [-0.4, -0.2) is 17.6 Å². The second kappa shape index (κ2) is 4.30. The Balaban J connectivity index is 1.65. The van der Waals surface area contributed by atoms with Crippen molar-refractivity contribution in [1.82, 2.24) is 0 Å². The van der Waals surface area contributed by atoms with Crippen molar-refractivity contribution >= 4 is 11.7 Å². The van der Waals surface area contributed by atoms with E-state index in [0.29, 0.717) is 6.42 Å². The normalized spacial score (nSPS) is 27.6. The Kier molecular flexibility index (Phi) is 2.77. The van der Waals surface area contributed by atoms with E-state index in [4.69, 9.17) is 5.11 Å². The molecule has 96 valence electrons. The molecular weight excluding hydrogens is 226 g/mol. The van der Waals surface area contributed by atoms with Gasteiger partial charge in [-0.05, 0) is 48.6 Å². The molecule has 0 spiro atoms. The Hall–Kier alpha value is -1.51. The van der Waals surface area contributed by atoms with E-state index in [1.807, 2.05) is 30.3 Å². The van der Waals surface area contributed by atoms with Gasteiger partial charge in [0, 0.05) is 12.2 Å². The largest absolute Gasteiger partial charge is 0.481 e. The molecule has 3 nitrogen and oxygen atoms in total. The zero-order chi connectivity index (χ0) is 12.6. The van der Waals surface area contributed by atoms with E-state index in [2.05, 4.69) is 5.32 Å². The van der Waals surface area contributed by atoms with Crippen LogP contribution in [0.1, 0.15) is 25.7 Å². The maximum absolute atomic E-state index is 11.1. The average Bonchev–Trinajstić information content (AvgIpc) is 2.96. The van der Waals surface area contributed by atoms with Gasteiger partial charge in [0.15, 0.2) is 0 Å². The van der Waals surface area contributed by atoms with Crippen molar-refractivity contribution < 1.29 is 9.90 Å². The second-order valence-corrected chi connectivity index (χ2v) is 5.95. The minimum absolute atomic E-state index is 0.0186. The first-order chi connectivity index (χ1) is 8.67. The summed E-state index contributed by atoms with van der Waals surface area (Å²) >= 11 is 0. The molecule has 0 saturated heterocycles. The number of fused-ring (bicyclic) bond motifs is 1. The Morgan fingerprint density at radius 2 is 1.94 bits per heavy atom. The van der Waals surface area contributed by atoms with Gasteiger partial charge in [-0.25, -0.2) is 0 Å². The second-order valence-electron chi connectivity index (χ2n) is 5.95. The third-order valence-electron chi connectivity index (χ3n) is 4.43. The van der Waals surface area contributed by atoms with Gasteiger partial charge in [-0.15, -0.1) is 0 Å². The van der Waals surface area contributed by atoms with Gasteiger partial charge in [0.1, 0.15) is 0 Å². The third kappa shape index (κ3) is 2.35. The summed E-state index contributed by atoms with van der Waals surface area (Å²) in [5.74, 6) is 0.954. The van der Waals surface area contributed by atoms with E-state index in [9.17, 15) is 4.79 Å². The van der Waals surface area contributed by atoms with E-state index in [0.717, 1.165) is 36.9 Å². The standard InChI is InChI=1S/C15H19NO2/c17-14(18)9-15(7-11-6-12(11)8-15)10-16-13-4-2-1-3-5-13/h1-5,11-12,16H,6-10H2,(H,17,18)/t11-,12-/m0/s1. The lowest BCUT2D eigenvalue weighted by atomic mass is 9.79. The lowest BCUT2D eigenvalue weighted by Gasteiger charge is -2.30. The van der Waals surface area contributed by atoms with Gasteiger partial charge < -0.3 is 10.4 Å². The highest BCUT2D eigenvalue weighted by Crippen LogP contribution is 2.61. The smallest absolute Gasteiger partial charge is 0.303 e. The Morgan fingerprint density at radius 3 is 2.56 bits per heavy atom. The predicted molar refractivity (Wildman–Crippen MR) is 70.4 cm³/mol. The topological polar surface area (TPSA) is 49.3 Å². The molecule has 1 aromatic carbocycles. The van der Waals surface area contributed by atoms with Crippen LogP contribution >= 0.6 is 0 Å². The van der Waals surface area contributed by atoms with Crippen molar-refractivity contribution in [2.24, 2.45) is 17.3 Å². The minimum atomic E-state index is -0.661. The Labute approximate surface area is 107 Å².